The van der Waals surface area contributed by atoms with E-state index in [0.717, 1.165) is 45.2 Å². The van der Waals surface area contributed by atoms with Gasteiger partial charge in [0.1, 0.15) is 0 Å². The number of likely N-dealkylation sites (tertiary alicyclic amines) is 1. The predicted molar refractivity (Wildman–Crippen MR) is 81.7 cm³/mol. The summed E-state index contributed by atoms with van der Waals surface area (Å²) in [7, 11) is 0. The molecule has 3 amide bonds. The Hall–Kier alpha value is -1.14. The maximum absolute atomic E-state index is 11.9. The minimum Gasteiger partial charge on any atom is -0.335 e. The molecule has 6 nitrogen and oxygen atoms in total. The van der Waals surface area contributed by atoms with Gasteiger partial charge in [0.25, 0.3) is 0 Å². The highest BCUT2D eigenvalue weighted by Crippen LogP contribution is 2.18. The fraction of sp³-hybridized carbons (Fsp3) is 0.867. The zero-order valence-corrected chi connectivity index (χ0v) is 12.9. The van der Waals surface area contributed by atoms with Crippen LogP contribution in [0.5, 0.6) is 0 Å². The summed E-state index contributed by atoms with van der Waals surface area (Å²) in [5, 5.41) is 5.33. The van der Waals surface area contributed by atoms with Crippen LogP contribution in [0, 0.1) is 5.92 Å². The lowest BCUT2D eigenvalue weighted by Gasteiger charge is -2.23. The first-order valence-electron chi connectivity index (χ1n) is 8.13. The normalized spacial score (nSPS) is 25.5. The first-order chi connectivity index (χ1) is 10.0. The van der Waals surface area contributed by atoms with Crippen molar-refractivity contribution in [2.45, 2.75) is 57.5 Å². The van der Waals surface area contributed by atoms with Crippen molar-refractivity contribution in [2.24, 2.45) is 11.7 Å². The standard InChI is InChI=1S/C15H28N4O2/c1-11(16)12-7-8-19(9-12)10-14(20)18-15(21)17-13-5-3-2-4-6-13/h11-13H,2-10,16H2,1H3,(H2,17,18,20,21). The quantitative estimate of drug-likeness (QED) is 0.716. The first kappa shape index (κ1) is 16.2. The predicted octanol–water partition coefficient (Wildman–Crippen LogP) is 0.814. The van der Waals surface area contributed by atoms with E-state index in [1.165, 1.54) is 6.42 Å². The zero-order valence-electron chi connectivity index (χ0n) is 12.9. The molecule has 6 heteroatoms. The minimum absolute atomic E-state index is 0.160. The molecule has 2 rings (SSSR count). The molecule has 0 radical (unpaired) electrons. The second-order valence-corrected chi connectivity index (χ2v) is 6.50. The molecule has 4 N–H and O–H groups in total. The van der Waals surface area contributed by atoms with Gasteiger partial charge in [-0.3, -0.25) is 15.0 Å². The molecule has 1 aliphatic carbocycles. The Morgan fingerprint density at radius 1 is 1.24 bits per heavy atom. The Labute approximate surface area is 126 Å². The van der Waals surface area contributed by atoms with Crippen LogP contribution < -0.4 is 16.4 Å². The summed E-state index contributed by atoms with van der Waals surface area (Å²) in [4.78, 5) is 25.7. The lowest BCUT2D eigenvalue weighted by molar-refractivity contribution is -0.121. The second-order valence-electron chi connectivity index (χ2n) is 6.50. The third-order valence-corrected chi connectivity index (χ3v) is 4.61. The van der Waals surface area contributed by atoms with Gasteiger partial charge in [-0.15, -0.1) is 0 Å². The number of hydrogen-bond donors (Lipinski definition) is 3. The Morgan fingerprint density at radius 3 is 2.57 bits per heavy atom. The average Bonchev–Trinajstić information content (AvgIpc) is 2.88. The van der Waals surface area contributed by atoms with E-state index in [1.807, 2.05) is 6.92 Å². The Morgan fingerprint density at radius 2 is 1.95 bits per heavy atom. The summed E-state index contributed by atoms with van der Waals surface area (Å²) >= 11 is 0. The third kappa shape index (κ3) is 5.28. The van der Waals surface area contributed by atoms with E-state index in [1.54, 1.807) is 0 Å². The molecule has 2 aliphatic rings. The van der Waals surface area contributed by atoms with Crippen LogP contribution >= 0.6 is 0 Å². The number of nitrogens with one attached hydrogen (secondary N) is 2. The van der Waals surface area contributed by atoms with Gasteiger partial charge in [-0.05, 0) is 38.6 Å². The van der Waals surface area contributed by atoms with Crippen molar-refractivity contribution < 1.29 is 9.59 Å². The average molecular weight is 296 g/mol. The van der Waals surface area contributed by atoms with Crippen molar-refractivity contribution in [1.29, 1.82) is 0 Å². The fourth-order valence-electron chi connectivity index (χ4n) is 3.27. The molecular weight excluding hydrogens is 268 g/mol. The van der Waals surface area contributed by atoms with Gasteiger partial charge >= 0.3 is 6.03 Å². The van der Waals surface area contributed by atoms with E-state index in [4.69, 9.17) is 5.73 Å². The highest BCUT2D eigenvalue weighted by molar-refractivity contribution is 5.95. The van der Waals surface area contributed by atoms with Crippen LogP contribution in [-0.4, -0.2) is 48.6 Å². The maximum Gasteiger partial charge on any atom is 0.321 e. The number of rotatable bonds is 4. The van der Waals surface area contributed by atoms with E-state index in [2.05, 4.69) is 15.5 Å². The highest BCUT2D eigenvalue weighted by atomic mass is 16.2. The van der Waals surface area contributed by atoms with Crippen LogP contribution in [0.1, 0.15) is 45.4 Å². The molecule has 0 aromatic rings. The molecule has 1 heterocycles. The molecule has 0 aromatic carbocycles. The monoisotopic (exact) mass is 296 g/mol. The van der Waals surface area contributed by atoms with E-state index in [-0.39, 0.29) is 30.6 Å². The lowest BCUT2D eigenvalue weighted by atomic mass is 9.96. The van der Waals surface area contributed by atoms with E-state index in [0.29, 0.717) is 5.92 Å². The van der Waals surface area contributed by atoms with E-state index in [9.17, 15) is 9.59 Å². The molecule has 21 heavy (non-hydrogen) atoms. The molecule has 1 saturated heterocycles. The summed E-state index contributed by atoms with van der Waals surface area (Å²) in [6.45, 7) is 4.01. The van der Waals surface area contributed by atoms with Gasteiger partial charge in [0.05, 0.1) is 6.54 Å². The maximum atomic E-state index is 11.9. The smallest absolute Gasteiger partial charge is 0.321 e. The Kier molecular flexibility index (Phi) is 5.99. The summed E-state index contributed by atoms with van der Waals surface area (Å²) < 4.78 is 0. The zero-order chi connectivity index (χ0) is 15.2. The van der Waals surface area contributed by atoms with Gasteiger partial charge in [0.15, 0.2) is 0 Å². The number of nitrogens with zero attached hydrogens (tertiary/aromatic N) is 1. The first-order valence-corrected chi connectivity index (χ1v) is 8.13. The van der Waals surface area contributed by atoms with Crippen molar-refractivity contribution in [3.8, 4) is 0 Å². The molecule has 1 aliphatic heterocycles. The van der Waals surface area contributed by atoms with Gasteiger partial charge in [0.2, 0.25) is 5.91 Å². The number of carbonyl (C=O) groups is 2. The summed E-state index contributed by atoms with van der Waals surface area (Å²) in [6.07, 6.45) is 6.62. The van der Waals surface area contributed by atoms with Crippen LogP contribution in [0.4, 0.5) is 4.79 Å². The van der Waals surface area contributed by atoms with Crippen LogP contribution in [0.3, 0.4) is 0 Å². The summed E-state index contributed by atoms with van der Waals surface area (Å²) in [6, 6.07) is 0.0308. The Bertz CT molecular complexity index is 367. The van der Waals surface area contributed by atoms with Crippen LogP contribution in [-0.2, 0) is 4.79 Å². The second kappa shape index (κ2) is 7.75. The van der Waals surface area contributed by atoms with Crippen molar-refractivity contribution in [1.82, 2.24) is 15.5 Å². The van der Waals surface area contributed by atoms with Crippen LogP contribution in [0.25, 0.3) is 0 Å². The molecule has 0 bridgehead atoms. The van der Waals surface area contributed by atoms with Crippen LogP contribution in [0.2, 0.25) is 0 Å². The molecule has 2 fully saturated rings. The molecule has 0 aromatic heterocycles. The highest BCUT2D eigenvalue weighted by Gasteiger charge is 2.26. The Balaban J connectivity index is 1.66. The molecular formula is C15H28N4O2. The number of imide groups is 1. The topological polar surface area (TPSA) is 87.5 Å². The largest absolute Gasteiger partial charge is 0.335 e. The van der Waals surface area contributed by atoms with Crippen molar-refractivity contribution in [2.75, 3.05) is 19.6 Å². The van der Waals surface area contributed by atoms with Gasteiger partial charge in [-0.1, -0.05) is 19.3 Å². The van der Waals surface area contributed by atoms with Gasteiger partial charge in [0, 0.05) is 18.6 Å². The minimum atomic E-state index is -0.352. The van der Waals surface area contributed by atoms with E-state index < -0.39 is 0 Å². The molecule has 2 atom stereocenters. The number of hydrogen-bond acceptors (Lipinski definition) is 4. The van der Waals surface area contributed by atoms with Crippen molar-refractivity contribution in [3.63, 3.8) is 0 Å². The number of urea groups is 1. The molecule has 120 valence electrons. The summed E-state index contributed by atoms with van der Waals surface area (Å²) in [5.41, 5.74) is 5.88. The number of amides is 3. The molecule has 0 spiro atoms. The fourth-order valence-corrected chi connectivity index (χ4v) is 3.27. The van der Waals surface area contributed by atoms with Crippen LogP contribution in [0.15, 0.2) is 0 Å². The number of nitrogens with two attached hydrogens (primary N) is 1. The van der Waals surface area contributed by atoms with Crippen molar-refractivity contribution >= 4 is 11.9 Å². The summed E-state index contributed by atoms with van der Waals surface area (Å²) in [5.74, 6) is 0.225. The van der Waals surface area contributed by atoms with E-state index >= 15 is 0 Å². The van der Waals surface area contributed by atoms with Crippen molar-refractivity contribution in [3.05, 3.63) is 0 Å². The molecule has 1 saturated carbocycles. The third-order valence-electron chi connectivity index (χ3n) is 4.61. The lowest BCUT2D eigenvalue weighted by Crippen LogP contribution is -2.47. The SMILES string of the molecule is CC(N)C1CCN(CC(=O)NC(=O)NC2CCCCC2)C1. The molecule has 2 unspecified atom stereocenters. The van der Waals surface area contributed by atoms with Gasteiger partial charge in [-0.25, -0.2) is 4.79 Å². The number of carbonyl (C=O) groups excluding carboxylic acids is 2. The van der Waals surface area contributed by atoms with Gasteiger partial charge < -0.3 is 11.1 Å². The van der Waals surface area contributed by atoms with Gasteiger partial charge in [-0.2, -0.15) is 0 Å².